The summed E-state index contributed by atoms with van der Waals surface area (Å²) in [6.45, 7) is 5.04. The van der Waals surface area contributed by atoms with Gasteiger partial charge in [0.05, 0.1) is 36.2 Å². The molecule has 0 bridgehead atoms. The molecule has 210 valence electrons. The second kappa shape index (κ2) is 11.0. The molecule has 1 aromatic carbocycles. The van der Waals surface area contributed by atoms with Gasteiger partial charge in [-0.05, 0) is 17.7 Å². The third-order valence-electron chi connectivity index (χ3n) is 6.61. The minimum absolute atomic E-state index is 0.00898. The number of sulfone groups is 1. The number of carbonyl (C=O) groups is 2. The standard InChI is InChI=1S/C24H25N7O6S3/c1-40(34,35)20(22-29-28-19(37-22)11-18-21(32)27-24(33)39-18)23-26-16-3-2-14(10-17(16)38-23)15-12-25-31(13-15)5-4-30-6-8-36-9-7-30/h2-3,10,12-13,18,20H,4-9,11H2,1H3,(H,27,32,33). The van der Waals surface area contributed by atoms with Gasteiger partial charge in [-0.15, -0.1) is 21.5 Å². The fourth-order valence-electron chi connectivity index (χ4n) is 4.55. The minimum atomic E-state index is -3.74. The Morgan fingerprint density at radius 1 is 1.15 bits per heavy atom. The number of thiazole rings is 1. The van der Waals surface area contributed by atoms with Crippen LogP contribution in [0.5, 0.6) is 0 Å². The quantitative estimate of drug-likeness (QED) is 0.296. The molecule has 0 spiro atoms. The summed E-state index contributed by atoms with van der Waals surface area (Å²) in [5.41, 5.74) is 2.54. The lowest BCUT2D eigenvalue weighted by Gasteiger charge is -2.26. The first-order valence-electron chi connectivity index (χ1n) is 12.5. The van der Waals surface area contributed by atoms with Gasteiger partial charge >= 0.3 is 0 Å². The fourth-order valence-corrected chi connectivity index (χ4v) is 7.89. The Kier molecular flexibility index (Phi) is 7.43. The smallest absolute Gasteiger partial charge is 0.286 e. The number of ether oxygens (including phenoxy) is 1. The molecule has 0 radical (unpaired) electrons. The fraction of sp³-hybridized carbons (Fsp3) is 0.417. The number of morpholine rings is 1. The molecule has 2 fully saturated rings. The van der Waals surface area contributed by atoms with Crippen molar-refractivity contribution >= 4 is 54.3 Å². The van der Waals surface area contributed by atoms with E-state index in [1.165, 1.54) is 11.3 Å². The number of amides is 2. The lowest BCUT2D eigenvalue weighted by atomic mass is 10.1. The van der Waals surface area contributed by atoms with Crippen LogP contribution in [0.1, 0.15) is 22.0 Å². The molecular formula is C24H25N7O6S3. The number of benzene rings is 1. The summed E-state index contributed by atoms with van der Waals surface area (Å²) in [6, 6.07) is 5.74. The van der Waals surface area contributed by atoms with Crippen molar-refractivity contribution < 1.29 is 27.2 Å². The van der Waals surface area contributed by atoms with Gasteiger partial charge in [0.1, 0.15) is 10.3 Å². The van der Waals surface area contributed by atoms with E-state index in [0.717, 1.165) is 73.2 Å². The van der Waals surface area contributed by atoms with E-state index in [0.29, 0.717) is 10.5 Å². The molecule has 0 aliphatic carbocycles. The summed E-state index contributed by atoms with van der Waals surface area (Å²) < 4.78 is 39.5. The largest absolute Gasteiger partial charge is 0.423 e. The van der Waals surface area contributed by atoms with E-state index in [9.17, 15) is 18.0 Å². The van der Waals surface area contributed by atoms with Crippen molar-refractivity contribution in [2.75, 3.05) is 39.1 Å². The van der Waals surface area contributed by atoms with Crippen LogP contribution in [0, 0.1) is 0 Å². The average molecular weight is 604 g/mol. The summed E-state index contributed by atoms with van der Waals surface area (Å²) >= 11 is 2.07. The molecule has 3 aromatic heterocycles. The molecule has 16 heteroatoms. The predicted molar refractivity (Wildman–Crippen MR) is 148 cm³/mol. The van der Waals surface area contributed by atoms with Gasteiger partial charge in [-0.2, -0.15) is 5.10 Å². The van der Waals surface area contributed by atoms with Crippen molar-refractivity contribution in [2.45, 2.75) is 23.5 Å². The van der Waals surface area contributed by atoms with Gasteiger partial charge in [-0.1, -0.05) is 17.8 Å². The number of rotatable bonds is 9. The molecule has 0 saturated carbocycles. The number of imide groups is 1. The molecule has 6 rings (SSSR count). The molecule has 2 atom stereocenters. The second-order valence-electron chi connectivity index (χ2n) is 9.51. The first kappa shape index (κ1) is 27.0. The van der Waals surface area contributed by atoms with Crippen LogP contribution in [-0.4, -0.2) is 93.8 Å². The zero-order valence-corrected chi connectivity index (χ0v) is 23.8. The zero-order valence-electron chi connectivity index (χ0n) is 21.3. The van der Waals surface area contributed by atoms with Crippen LogP contribution in [0.15, 0.2) is 35.0 Å². The maximum absolute atomic E-state index is 12.8. The summed E-state index contributed by atoms with van der Waals surface area (Å²) in [7, 11) is -3.74. The molecule has 4 aromatic rings. The lowest BCUT2D eigenvalue weighted by molar-refractivity contribution is -0.119. The first-order valence-corrected chi connectivity index (χ1v) is 16.1. The van der Waals surface area contributed by atoms with Crippen molar-refractivity contribution in [1.29, 1.82) is 0 Å². The maximum Gasteiger partial charge on any atom is 0.286 e. The predicted octanol–water partition coefficient (Wildman–Crippen LogP) is 1.90. The summed E-state index contributed by atoms with van der Waals surface area (Å²) in [4.78, 5) is 30.2. The normalized spacial score (nSPS) is 19.4. The highest BCUT2D eigenvalue weighted by Gasteiger charge is 2.36. The van der Waals surface area contributed by atoms with Gasteiger partial charge in [-0.3, -0.25) is 24.5 Å². The van der Waals surface area contributed by atoms with Crippen molar-refractivity contribution in [3.05, 3.63) is 47.4 Å². The Balaban J connectivity index is 1.21. The molecule has 2 unspecified atom stereocenters. The van der Waals surface area contributed by atoms with E-state index >= 15 is 0 Å². The highest BCUT2D eigenvalue weighted by atomic mass is 32.2. The average Bonchev–Trinajstić information content (AvgIpc) is 3.70. The third kappa shape index (κ3) is 5.81. The van der Waals surface area contributed by atoms with E-state index in [-0.39, 0.29) is 18.2 Å². The van der Waals surface area contributed by atoms with Crippen LogP contribution in [0.3, 0.4) is 0 Å². The number of fused-ring (bicyclic) bond motifs is 1. The Bertz CT molecular complexity index is 1670. The molecule has 2 aliphatic heterocycles. The molecule has 2 saturated heterocycles. The Morgan fingerprint density at radius 3 is 2.73 bits per heavy atom. The van der Waals surface area contributed by atoms with Crippen LogP contribution in [0.25, 0.3) is 21.3 Å². The number of thioether (sulfide) groups is 1. The van der Waals surface area contributed by atoms with Gasteiger partial charge in [0.15, 0.2) is 15.1 Å². The van der Waals surface area contributed by atoms with Gasteiger partial charge in [0.25, 0.3) is 5.24 Å². The van der Waals surface area contributed by atoms with Crippen molar-refractivity contribution in [2.24, 2.45) is 0 Å². The third-order valence-corrected chi connectivity index (χ3v) is 10.1. The highest BCUT2D eigenvalue weighted by molar-refractivity contribution is 8.15. The topological polar surface area (TPSA) is 162 Å². The number of hydrogen-bond acceptors (Lipinski definition) is 13. The Morgan fingerprint density at radius 2 is 1.98 bits per heavy atom. The van der Waals surface area contributed by atoms with Gasteiger partial charge in [0, 0.05) is 44.1 Å². The molecule has 5 heterocycles. The van der Waals surface area contributed by atoms with Crippen LogP contribution in [-0.2, 0) is 32.3 Å². The van der Waals surface area contributed by atoms with Crippen LogP contribution in [0.4, 0.5) is 4.79 Å². The monoisotopic (exact) mass is 603 g/mol. The van der Waals surface area contributed by atoms with Crippen LogP contribution < -0.4 is 5.32 Å². The number of nitrogens with zero attached hydrogens (tertiary/aromatic N) is 6. The van der Waals surface area contributed by atoms with E-state index in [1.54, 1.807) is 0 Å². The van der Waals surface area contributed by atoms with Gasteiger partial charge in [-0.25, -0.2) is 13.4 Å². The molecule has 40 heavy (non-hydrogen) atoms. The molecular weight excluding hydrogens is 579 g/mol. The van der Waals surface area contributed by atoms with Crippen molar-refractivity contribution in [3.8, 4) is 11.1 Å². The minimum Gasteiger partial charge on any atom is -0.423 e. The van der Waals surface area contributed by atoms with E-state index < -0.39 is 31.5 Å². The zero-order chi connectivity index (χ0) is 27.9. The van der Waals surface area contributed by atoms with Gasteiger partial charge < -0.3 is 9.15 Å². The highest BCUT2D eigenvalue weighted by Crippen LogP contribution is 2.36. The first-order chi connectivity index (χ1) is 19.2. The van der Waals surface area contributed by atoms with E-state index in [1.807, 2.05) is 35.3 Å². The van der Waals surface area contributed by atoms with Crippen LogP contribution >= 0.6 is 23.1 Å². The summed E-state index contributed by atoms with van der Waals surface area (Å²) in [5.74, 6) is -0.507. The Labute approximate surface area is 237 Å². The number of carbonyl (C=O) groups excluding carboxylic acids is 2. The van der Waals surface area contributed by atoms with Crippen molar-refractivity contribution in [3.63, 3.8) is 0 Å². The number of hydrogen-bond donors (Lipinski definition) is 1. The lowest BCUT2D eigenvalue weighted by Crippen LogP contribution is -2.38. The van der Waals surface area contributed by atoms with E-state index in [2.05, 4.69) is 30.5 Å². The SMILES string of the molecule is CS(=O)(=O)C(c1nnc(CC2SC(=O)NC2=O)o1)c1nc2ccc(-c3cnn(CCN4CCOCC4)c3)cc2s1. The Hall–Kier alpha value is -3.18. The van der Waals surface area contributed by atoms with Crippen molar-refractivity contribution in [1.82, 2.24) is 35.2 Å². The maximum atomic E-state index is 12.8. The molecule has 1 N–H and O–H groups in total. The van der Waals surface area contributed by atoms with E-state index in [4.69, 9.17) is 9.15 Å². The number of aromatic nitrogens is 5. The molecule has 13 nitrogen and oxygen atoms in total. The molecule has 2 aliphatic rings. The molecule has 2 amide bonds. The number of nitrogens with one attached hydrogen (secondary N) is 1. The summed E-state index contributed by atoms with van der Waals surface area (Å²) in [5, 5.41) is 12.5. The van der Waals surface area contributed by atoms with Crippen LogP contribution in [0.2, 0.25) is 0 Å². The second-order valence-corrected chi connectivity index (χ2v) is 13.9. The van der Waals surface area contributed by atoms with Gasteiger partial charge in [0.2, 0.25) is 17.7 Å². The summed E-state index contributed by atoms with van der Waals surface area (Å²) in [6.07, 6.45) is 4.91.